The van der Waals surface area contributed by atoms with E-state index in [0.717, 1.165) is 24.8 Å². The summed E-state index contributed by atoms with van der Waals surface area (Å²) in [5, 5.41) is 5.55. The third kappa shape index (κ3) is 4.86. The van der Waals surface area contributed by atoms with Crippen molar-refractivity contribution in [2.45, 2.75) is 51.0 Å². The fourth-order valence-corrected chi connectivity index (χ4v) is 5.07. The van der Waals surface area contributed by atoms with Gasteiger partial charge in [0.1, 0.15) is 11.3 Å². The molecule has 2 aliphatic rings. The molecule has 2 N–H and O–H groups in total. The van der Waals surface area contributed by atoms with Gasteiger partial charge in [0, 0.05) is 26.1 Å². The maximum absolute atomic E-state index is 13.1. The van der Waals surface area contributed by atoms with Crippen LogP contribution >= 0.6 is 11.6 Å². The molecule has 32 heavy (non-hydrogen) atoms. The van der Waals surface area contributed by atoms with Gasteiger partial charge in [0.25, 0.3) is 5.91 Å². The van der Waals surface area contributed by atoms with Gasteiger partial charge < -0.3 is 19.7 Å². The first kappa shape index (κ1) is 24.3. The number of hydrogen-bond donors (Lipinski definition) is 2. The monoisotopic (exact) mass is 465 g/mol. The number of rotatable bonds is 8. The number of nitrogens with zero attached hydrogens (tertiary/aromatic N) is 1. The Morgan fingerprint density at radius 3 is 2.50 bits per heavy atom. The van der Waals surface area contributed by atoms with Crippen LogP contribution in [0.3, 0.4) is 0 Å². The van der Waals surface area contributed by atoms with Crippen LogP contribution in [0.2, 0.25) is 5.02 Å². The standard InChI is InChI=1S/C23H32ClN3O5/c1-5-15-10-17(11-18(32-4)19(15)24)16-6-8-27(9-7-16)20(28)14(2)12-23(13-31-3)21(29)25-22(30)26-23/h10-11,14,16H,5-9,12-13H2,1-4H3,(H2,25,26,29,30). The second kappa shape index (κ2) is 10.1. The van der Waals surface area contributed by atoms with Crippen molar-refractivity contribution in [1.82, 2.24) is 15.5 Å². The Morgan fingerprint density at radius 1 is 1.28 bits per heavy atom. The van der Waals surface area contributed by atoms with Crippen molar-refractivity contribution in [2.75, 3.05) is 33.9 Å². The molecule has 176 valence electrons. The largest absolute Gasteiger partial charge is 0.495 e. The number of imide groups is 1. The summed E-state index contributed by atoms with van der Waals surface area (Å²) in [6, 6.07) is 3.59. The lowest BCUT2D eigenvalue weighted by atomic mass is 9.85. The summed E-state index contributed by atoms with van der Waals surface area (Å²) in [5.41, 5.74) is 1.04. The molecule has 4 amide bonds. The predicted octanol–water partition coefficient (Wildman–Crippen LogP) is 2.87. The number of piperidine rings is 1. The minimum absolute atomic E-state index is 0.0163. The number of carbonyl (C=O) groups is 3. The summed E-state index contributed by atoms with van der Waals surface area (Å²) in [6.45, 7) is 5.15. The molecular formula is C23H32ClN3O5. The van der Waals surface area contributed by atoms with E-state index in [1.54, 1.807) is 14.0 Å². The van der Waals surface area contributed by atoms with E-state index < -0.39 is 23.4 Å². The number of halogens is 1. The van der Waals surface area contributed by atoms with E-state index in [-0.39, 0.29) is 18.9 Å². The molecule has 0 radical (unpaired) electrons. The maximum atomic E-state index is 13.1. The molecule has 9 heteroatoms. The number of hydrogen-bond acceptors (Lipinski definition) is 5. The normalized spacial score (nSPS) is 22.5. The molecule has 2 saturated heterocycles. The summed E-state index contributed by atoms with van der Waals surface area (Å²) in [4.78, 5) is 39.0. The van der Waals surface area contributed by atoms with Crippen LogP contribution in [0.5, 0.6) is 5.75 Å². The Labute approximate surface area is 193 Å². The van der Waals surface area contributed by atoms with Gasteiger partial charge in [-0.3, -0.25) is 14.9 Å². The first-order valence-corrected chi connectivity index (χ1v) is 11.4. The summed E-state index contributed by atoms with van der Waals surface area (Å²) in [5.74, 6) is 0.106. The zero-order valence-electron chi connectivity index (χ0n) is 19.1. The van der Waals surface area contributed by atoms with Gasteiger partial charge in [-0.25, -0.2) is 4.79 Å². The van der Waals surface area contributed by atoms with Crippen molar-refractivity contribution >= 4 is 29.4 Å². The third-order valence-corrected chi connectivity index (χ3v) is 6.93. The highest BCUT2D eigenvalue weighted by Crippen LogP contribution is 2.37. The van der Waals surface area contributed by atoms with E-state index >= 15 is 0 Å². The average molecular weight is 466 g/mol. The number of nitrogens with one attached hydrogen (secondary N) is 2. The zero-order chi connectivity index (χ0) is 23.5. The first-order valence-electron chi connectivity index (χ1n) is 11.0. The van der Waals surface area contributed by atoms with E-state index in [9.17, 15) is 14.4 Å². The molecule has 0 spiro atoms. The lowest BCUT2D eigenvalue weighted by Gasteiger charge is -2.35. The van der Waals surface area contributed by atoms with Crippen LogP contribution < -0.4 is 15.4 Å². The lowest BCUT2D eigenvalue weighted by molar-refractivity contribution is -0.138. The van der Waals surface area contributed by atoms with E-state index in [1.807, 2.05) is 11.0 Å². The van der Waals surface area contributed by atoms with Crippen LogP contribution in [0.1, 0.15) is 50.2 Å². The van der Waals surface area contributed by atoms with Crippen molar-refractivity contribution in [3.8, 4) is 5.75 Å². The number of urea groups is 1. The van der Waals surface area contributed by atoms with Crippen molar-refractivity contribution in [1.29, 1.82) is 0 Å². The molecule has 2 heterocycles. The molecule has 0 aromatic heterocycles. The molecule has 0 bridgehead atoms. The van der Waals surface area contributed by atoms with Crippen molar-refractivity contribution in [3.05, 3.63) is 28.3 Å². The highest BCUT2D eigenvalue weighted by Gasteiger charge is 2.48. The molecule has 1 aromatic carbocycles. The second-order valence-electron chi connectivity index (χ2n) is 8.68. The van der Waals surface area contributed by atoms with E-state index in [4.69, 9.17) is 21.1 Å². The predicted molar refractivity (Wildman–Crippen MR) is 121 cm³/mol. The molecule has 2 unspecified atom stereocenters. The molecule has 2 aliphatic heterocycles. The number of ether oxygens (including phenoxy) is 2. The molecule has 2 fully saturated rings. The van der Waals surface area contributed by atoms with Crippen LogP contribution in [-0.4, -0.2) is 62.2 Å². The van der Waals surface area contributed by atoms with Crippen LogP contribution in [0.25, 0.3) is 0 Å². The Morgan fingerprint density at radius 2 is 1.97 bits per heavy atom. The molecule has 0 aliphatic carbocycles. The quantitative estimate of drug-likeness (QED) is 0.575. The Bertz CT molecular complexity index is 859. The maximum Gasteiger partial charge on any atom is 0.322 e. The molecular weight excluding hydrogens is 434 g/mol. The molecule has 3 rings (SSSR count). The Balaban J connectivity index is 1.64. The number of likely N-dealkylation sites (tertiary alicyclic amines) is 1. The number of methoxy groups -OCH3 is 2. The van der Waals surface area contributed by atoms with E-state index in [0.29, 0.717) is 29.8 Å². The minimum atomic E-state index is -1.21. The van der Waals surface area contributed by atoms with Crippen LogP contribution in [0.15, 0.2) is 12.1 Å². The van der Waals surface area contributed by atoms with Gasteiger partial charge >= 0.3 is 6.03 Å². The second-order valence-corrected chi connectivity index (χ2v) is 9.06. The van der Waals surface area contributed by atoms with Gasteiger partial charge in [0.2, 0.25) is 5.91 Å². The molecule has 8 nitrogen and oxygen atoms in total. The number of carbonyl (C=O) groups excluding carboxylic acids is 3. The van der Waals surface area contributed by atoms with Gasteiger partial charge in [-0.2, -0.15) is 0 Å². The Kier molecular flexibility index (Phi) is 7.67. The number of benzene rings is 1. The lowest BCUT2D eigenvalue weighted by Crippen LogP contribution is -2.53. The van der Waals surface area contributed by atoms with Gasteiger partial charge in [-0.15, -0.1) is 0 Å². The average Bonchev–Trinajstić information content (AvgIpc) is 3.06. The summed E-state index contributed by atoms with van der Waals surface area (Å²) in [6.07, 6.45) is 2.69. The van der Waals surface area contributed by atoms with Crippen LogP contribution in [-0.2, 0) is 20.7 Å². The third-order valence-electron chi connectivity index (χ3n) is 6.50. The van der Waals surface area contributed by atoms with Crippen molar-refractivity contribution < 1.29 is 23.9 Å². The molecule has 1 aromatic rings. The summed E-state index contributed by atoms with van der Waals surface area (Å²) >= 11 is 6.40. The van der Waals surface area contributed by atoms with E-state index in [2.05, 4.69) is 23.6 Å². The number of amides is 4. The fraction of sp³-hybridized carbons (Fsp3) is 0.609. The van der Waals surface area contributed by atoms with Gasteiger partial charge in [0.05, 0.1) is 18.7 Å². The molecule has 2 atom stereocenters. The minimum Gasteiger partial charge on any atom is -0.495 e. The van der Waals surface area contributed by atoms with Crippen LogP contribution in [0, 0.1) is 5.92 Å². The molecule has 0 saturated carbocycles. The van der Waals surface area contributed by atoms with Gasteiger partial charge in [-0.05, 0) is 48.8 Å². The van der Waals surface area contributed by atoms with Crippen molar-refractivity contribution in [3.63, 3.8) is 0 Å². The first-order chi connectivity index (χ1) is 15.2. The highest BCUT2D eigenvalue weighted by molar-refractivity contribution is 6.32. The fourth-order valence-electron chi connectivity index (χ4n) is 4.75. The highest BCUT2D eigenvalue weighted by atomic mass is 35.5. The van der Waals surface area contributed by atoms with Crippen LogP contribution in [0.4, 0.5) is 4.79 Å². The summed E-state index contributed by atoms with van der Waals surface area (Å²) < 4.78 is 10.6. The van der Waals surface area contributed by atoms with E-state index in [1.165, 1.54) is 12.7 Å². The summed E-state index contributed by atoms with van der Waals surface area (Å²) in [7, 11) is 3.09. The number of aryl methyl sites for hydroxylation is 1. The topological polar surface area (TPSA) is 97.0 Å². The Hall–Kier alpha value is -2.32. The smallest absolute Gasteiger partial charge is 0.322 e. The SMILES string of the molecule is CCc1cc(C2CCN(C(=O)C(C)CC3(COC)NC(=O)NC3=O)CC2)cc(OC)c1Cl. The zero-order valence-corrected chi connectivity index (χ0v) is 19.9. The van der Waals surface area contributed by atoms with Gasteiger partial charge in [-0.1, -0.05) is 31.5 Å². The van der Waals surface area contributed by atoms with Crippen molar-refractivity contribution in [2.24, 2.45) is 5.92 Å². The van der Waals surface area contributed by atoms with Gasteiger partial charge in [0.15, 0.2) is 0 Å².